The Morgan fingerprint density at radius 3 is 2.47 bits per heavy atom. The Morgan fingerprint density at radius 2 is 1.89 bits per heavy atom. The molecule has 1 aliphatic rings. The Hall–Kier alpha value is -1.51. The van der Waals surface area contributed by atoms with Crippen molar-refractivity contribution in [3.05, 3.63) is 29.8 Å². The third-order valence-corrected chi connectivity index (χ3v) is 3.96. The highest BCUT2D eigenvalue weighted by Crippen LogP contribution is 2.22. The minimum atomic E-state index is 0.209. The van der Waals surface area contributed by atoms with Crippen LogP contribution in [0.25, 0.3) is 0 Å². The van der Waals surface area contributed by atoms with Gasteiger partial charge in [-0.2, -0.15) is 0 Å². The number of likely N-dealkylation sites (tertiary alicyclic amines) is 1. The quantitative estimate of drug-likeness (QED) is 0.905. The Balaban J connectivity index is 1.83. The van der Waals surface area contributed by atoms with Crippen molar-refractivity contribution in [2.24, 2.45) is 5.92 Å². The highest BCUT2D eigenvalue weighted by atomic mass is 16.3. The first kappa shape index (κ1) is 13.9. The Kier molecular flexibility index (Phi) is 4.83. The second-order valence-corrected chi connectivity index (χ2v) is 5.46. The maximum Gasteiger partial charge on any atom is 0.226 e. The molecule has 1 saturated heterocycles. The molecule has 0 unspecified atom stereocenters. The number of aromatic hydroxyl groups is 1. The third-order valence-electron chi connectivity index (χ3n) is 3.96. The number of hydrogen-bond donors (Lipinski definition) is 1. The maximum absolute atomic E-state index is 12.2. The number of phenolic OH excluding ortho intramolecular Hbond substituents is 1. The zero-order valence-electron chi connectivity index (χ0n) is 11.6. The average Bonchev–Trinajstić information content (AvgIpc) is 2.42. The fraction of sp³-hybridized carbons (Fsp3) is 0.562. The van der Waals surface area contributed by atoms with Gasteiger partial charge in [-0.25, -0.2) is 0 Å². The molecule has 1 heterocycles. The van der Waals surface area contributed by atoms with Crippen LogP contribution in [0.1, 0.15) is 38.2 Å². The minimum absolute atomic E-state index is 0.209. The molecule has 1 fully saturated rings. The predicted molar refractivity (Wildman–Crippen MR) is 76.0 cm³/mol. The lowest BCUT2D eigenvalue weighted by Gasteiger charge is -2.32. The van der Waals surface area contributed by atoms with E-state index in [9.17, 15) is 9.90 Å². The summed E-state index contributed by atoms with van der Waals surface area (Å²) >= 11 is 0. The van der Waals surface area contributed by atoms with E-state index in [1.165, 1.54) is 12.8 Å². The van der Waals surface area contributed by atoms with Crippen molar-refractivity contribution >= 4 is 5.91 Å². The summed E-state index contributed by atoms with van der Waals surface area (Å²) in [7, 11) is 0. The number of piperidine rings is 1. The molecule has 0 aromatic heterocycles. The van der Waals surface area contributed by atoms with Crippen LogP contribution < -0.4 is 0 Å². The van der Waals surface area contributed by atoms with Crippen molar-refractivity contribution in [3.8, 4) is 5.75 Å². The van der Waals surface area contributed by atoms with Crippen LogP contribution in [0.5, 0.6) is 5.75 Å². The van der Waals surface area contributed by atoms with E-state index in [2.05, 4.69) is 6.92 Å². The highest BCUT2D eigenvalue weighted by molar-refractivity contribution is 5.78. The molecule has 3 heteroatoms. The molecule has 0 radical (unpaired) electrons. The summed E-state index contributed by atoms with van der Waals surface area (Å²) in [6.45, 7) is 4.03. The van der Waals surface area contributed by atoms with Gasteiger partial charge in [-0.1, -0.05) is 31.9 Å². The normalized spacial score (nSPS) is 16.6. The molecular formula is C16H23NO2. The third kappa shape index (κ3) is 3.98. The molecule has 1 aromatic rings. The lowest BCUT2D eigenvalue weighted by Crippen LogP contribution is -2.39. The molecule has 19 heavy (non-hydrogen) atoms. The van der Waals surface area contributed by atoms with Crippen LogP contribution in [0.15, 0.2) is 24.3 Å². The van der Waals surface area contributed by atoms with Crippen molar-refractivity contribution in [1.29, 1.82) is 0 Å². The summed E-state index contributed by atoms with van der Waals surface area (Å²) in [6, 6.07) is 6.90. The van der Waals surface area contributed by atoms with Gasteiger partial charge in [0.15, 0.2) is 0 Å². The van der Waals surface area contributed by atoms with Gasteiger partial charge in [-0.3, -0.25) is 4.79 Å². The van der Waals surface area contributed by atoms with Gasteiger partial charge in [0.25, 0.3) is 0 Å². The second-order valence-electron chi connectivity index (χ2n) is 5.46. The first-order valence-corrected chi connectivity index (χ1v) is 7.24. The molecule has 0 saturated carbocycles. The fourth-order valence-corrected chi connectivity index (χ4v) is 2.78. The van der Waals surface area contributed by atoms with E-state index in [1.807, 2.05) is 17.0 Å². The van der Waals surface area contributed by atoms with Crippen molar-refractivity contribution in [3.63, 3.8) is 0 Å². The van der Waals surface area contributed by atoms with Gasteiger partial charge in [0.05, 0.1) is 6.42 Å². The van der Waals surface area contributed by atoms with Gasteiger partial charge in [-0.15, -0.1) is 0 Å². The number of phenols is 1. The summed E-state index contributed by atoms with van der Waals surface area (Å²) in [5, 5.41) is 9.22. The van der Waals surface area contributed by atoms with Gasteiger partial charge >= 0.3 is 0 Å². The standard InChI is InChI=1S/C16H23NO2/c1-2-3-13-8-10-17(11-9-13)16(19)12-14-4-6-15(18)7-5-14/h4-7,13,18H,2-3,8-12H2,1H3. The molecule has 1 N–H and O–H groups in total. The molecule has 1 amide bonds. The molecule has 0 spiro atoms. The fourth-order valence-electron chi connectivity index (χ4n) is 2.78. The lowest BCUT2D eigenvalue weighted by molar-refractivity contribution is -0.131. The maximum atomic E-state index is 12.2. The Morgan fingerprint density at radius 1 is 1.26 bits per heavy atom. The molecule has 104 valence electrons. The molecule has 2 rings (SSSR count). The second kappa shape index (κ2) is 6.60. The van der Waals surface area contributed by atoms with E-state index in [0.29, 0.717) is 6.42 Å². The van der Waals surface area contributed by atoms with Crippen LogP contribution in [-0.4, -0.2) is 29.0 Å². The van der Waals surface area contributed by atoms with Crippen molar-refractivity contribution < 1.29 is 9.90 Å². The van der Waals surface area contributed by atoms with E-state index in [4.69, 9.17) is 0 Å². The minimum Gasteiger partial charge on any atom is -0.508 e. The first-order chi connectivity index (χ1) is 9.19. The number of nitrogens with zero attached hydrogens (tertiary/aromatic N) is 1. The van der Waals surface area contributed by atoms with E-state index >= 15 is 0 Å². The van der Waals surface area contributed by atoms with Crippen LogP contribution in [0.3, 0.4) is 0 Å². The summed E-state index contributed by atoms with van der Waals surface area (Å²) in [4.78, 5) is 14.2. The van der Waals surface area contributed by atoms with Crippen molar-refractivity contribution in [2.75, 3.05) is 13.1 Å². The number of carbonyl (C=O) groups is 1. The number of amides is 1. The van der Waals surface area contributed by atoms with E-state index < -0.39 is 0 Å². The van der Waals surface area contributed by atoms with E-state index in [1.54, 1.807) is 12.1 Å². The van der Waals surface area contributed by atoms with E-state index in [0.717, 1.165) is 37.4 Å². The van der Waals surface area contributed by atoms with Crippen LogP contribution in [0, 0.1) is 5.92 Å². The summed E-state index contributed by atoms with van der Waals surface area (Å²) < 4.78 is 0. The lowest BCUT2D eigenvalue weighted by atomic mass is 9.92. The molecule has 3 nitrogen and oxygen atoms in total. The van der Waals surface area contributed by atoms with Crippen LogP contribution >= 0.6 is 0 Å². The van der Waals surface area contributed by atoms with Crippen LogP contribution in [-0.2, 0) is 11.2 Å². The molecule has 1 aromatic carbocycles. The monoisotopic (exact) mass is 261 g/mol. The number of benzene rings is 1. The highest BCUT2D eigenvalue weighted by Gasteiger charge is 2.22. The van der Waals surface area contributed by atoms with Crippen LogP contribution in [0.2, 0.25) is 0 Å². The van der Waals surface area contributed by atoms with Gasteiger partial charge in [0.2, 0.25) is 5.91 Å². The average molecular weight is 261 g/mol. The zero-order chi connectivity index (χ0) is 13.7. The van der Waals surface area contributed by atoms with Gasteiger partial charge in [-0.05, 0) is 36.5 Å². The number of rotatable bonds is 4. The summed E-state index contributed by atoms with van der Waals surface area (Å²) in [5.74, 6) is 1.26. The number of carbonyl (C=O) groups excluding carboxylic acids is 1. The molecule has 0 atom stereocenters. The zero-order valence-corrected chi connectivity index (χ0v) is 11.6. The Labute approximate surface area is 115 Å². The molecule has 0 bridgehead atoms. The van der Waals surface area contributed by atoms with E-state index in [-0.39, 0.29) is 11.7 Å². The number of hydrogen-bond acceptors (Lipinski definition) is 2. The van der Waals surface area contributed by atoms with Crippen molar-refractivity contribution in [1.82, 2.24) is 4.90 Å². The molecule has 0 aliphatic carbocycles. The smallest absolute Gasteiger partial charge is 0.226 e. The van der Waals surface area contributed by atoms with Crippen LogP contribution in [0.4, 0.5) is 0 Å². The summed E-state index contributed by atoms with van der Waals surface area (Å²) in [5.41, 5.74) is 0.971. The largest absolute Gasteiger partial charge is 0.508 e. The molecule has 1 aliphatic heterocycles. The summed E-state index contributed by atoms with van der Waals surface area (Å²) in [6.07, 6.45) is 5.27. The van der Waals surface area contributed by atoms with Gasteiger partial charge in [0.1, 0.15) is 5.75 Å². The van der Waals surface area contributed by atoms with Gasteiger partial charge in [0, 0.05) is 13.1 Å². The van der Waals surface area contributed by atoms with Gasteiger partial charge < -0.3 is 10.0 Å². The SMILES string of the molecule is CCCC1CCN(C(=O)Cc2ccc(O)cc2)CC1. The molecular weight excluding hydrogens is 238 g/mol. The van der Waals surface area contributed by atoms with Crippen molar-refractivity contribution in [2.45, 2.75) is 39.0 Å². The Bertz CT molecular complexity index is 405. The predicted octanol–water partition coefficient (Wildman–Crippen LogP) is 2.97. The topological polar surface area (TPSA) is 40.5 Å². The first-order valence-electron chi connectivity index (χ1n) is 7.24.